The number of hydrogen-bond donors (Lipinski definition) is 1. The van der Waals surface area contributed by atoms with Crippen molar-refractivity contribution < 1.29 is 18.0 Å². The van der Waals surface area contributed by atoms with Gasteiger partial charge in [-0.25, -0.2) is 5.43 Å². The van der Waals surface area contributed by atoms with Gasteiger partial charge in [-0.05, 0) is 75.1 Å². The maximum atomic E-state index is 12.8. The summed E-state index contributed by atoms with van der Waals surface area (Å²) in [5.41, 5.74) is 7.19. The lowest BCUT2D eigenvalue weighted by Gasteiger charge is -2.43. The topological polar surface area (TPSA) is 44.7 Å². The molecule has 1 heterocycles. The largest absolute Gasteiger partial charge is 0.416 e. The van der Waals surface area contributed by atoms with Gasteiger partial charge in [0.15, 0.2) is 0 Å². The van der Waals surface area contributed by atoms with Gasteiger partial charge in [0.05, 0.1) is 23.7 Å². The number of carbonyl (C=O) groups is 1. The Balaban J connectivity index is 1.74. The quantitative estimate of drug-likeness (QED) is 0.474. The molecule has 2 aromatic carbocycles. The molecule has 4 nitrogen and oxygen atoms in total. The Morgan fingerprint density at radius 3 is 2.56 bits per heavy atom. The van der Waals surface area contributed by atoms with Crippen molar-refractivity contribution in [3.63, 3.8) is 0 Å². The summed E-state index contributed by atoms with van der Waals surface area (Å²) in [6.45, 7) is 11.5. The van der Waals surface area contributed by atoms with Gasteiger partial charge in [-0.3, -0.25) is 4.79 Å². The van der Waals surface area contributed by atoms with E-state index < -0.39 is 17.6 Å². The first-order valence-electron chi connectivity index (χ1n) is 10.5. The van der Waals surface area contributed by atoms with Crippen molar-refractivity contribution in [3.05, 3.63) is 70.3 Å². The molecule has 1 aliphatic rings. The fraction of sp³-hybridized carbons (Fsp3) is 0.360. The second kappa shape index (κ2) is 8.81. The van der Waals surface area contributed by atoms with Crippen LogP contribution in [0.4, 0.5) is 18.9 Å². The minimum Gasteiger partial charge on any atom is -0.363 e. The third-order valence-electron chi connectivity index (χ3n) is 5.69. The van der Waals surface area contributed by atoms with Gasteiger partial charge in [-0.1, -0.05) is 24.3 Å². The van der Waals surface area contributed by atoms with Crippen LogP contribution in [0.5, 0.6) is 0 Å². The van der Waals surface area contributed by atoms with Crippen LogP contribution >= 0.6 is 0 Å². The number of halogens is 3. The number of rotatable bonds is 5. The number of amides is 1. The molecule has 0 aromatic heterocycles. The molecule has 7 heteroatoms. The number of benzene rings is 2. The number of carbonyl (C=O) groups excluding carboxylic acids is 1. The zero-order valence-corrected chi connectivity index (χ0v) is 19.0. The summed E-state index contributed by atoms with van der Waals surface area (Å²) in [4.78, 5) is 14.5. The Kier molecular flexibility index (Phi) is 6.49. The highest BCUT2D eigenvalue weighted by Crippen LogP contribution is 2.39. The minimum absolute atomic E-state index is 0.0781. The third-order valence-corrected chi connectivity index (χ3v) is 5.69. The van der Waals surface area contributed by atoms with E-state index in [-0.39, 0.29) is 17.5 Å². The van der Waals surface area contributed by atoms with E-state index >= 15 is 0 Å². The SMILES string of the molecule is CCN1c2cc(C)c(/C=N/NC(=O)Cc3cccc(C(F)(F)F)c3)cc2C(C)=CC1(C)C. The number of alkyl halides is 3. The maximum absolute atomic E-state index is 12.8. The van der Waals surface area contributed by atoms with E-state index in [9.17, 15) is 18.0 Å². The van der Waals surface area contributed by atoms with Crippen LogP contribution in [0.2, 0.25) is 0 Å². The second-order valence-electron chi connectivity index (χ2n) is 8.62. The van der Waals surface area contributed by atoms with Gasteiger partial charge in [-0.2, -0.15) is 18.3 Å². The molecule has 0 radical (unpaired) electrons. The molecule has 0 atom stereocenters. The number of hydrogen-bond acceptors (Lipinski definition) is 3. The molecule has 0 saturated heterocycles. The Labute approximate surface area is 186 Å². The van der Waals surface area contributed by atoms with E-state index in [4.69, 9.17) is 0 Å². The highest BCUT2D eigenvalue weighted by atomic mass is 19.4. The lowest BCUT2D eigenvalue weighted by Crippen LogP contribution is -2.45. The number of nitrogens with one attached hydrogen (secondary N) is 1. The minimum atomic E-state index is -4.44. The molecular formula is C25H28F3N3O. The van der Waals surface area contributed by atoms with Gasteiger partial charge in [0, 0.05) is 17.8 Å². The maximum Gasteiger partial charge on any atom is 0.416 e. The van der Waals surface area contributed by atoms with Gasteiger partial charge in [0.25, 0.3) is 0 Å². The molecule has 0 bridgehead atoms. The normalized spacial score (nSPS) is 15.5. The first-order valence-corrected chi connectivity index (χ1v) is 10.5. The van der Waals surface area contributed by atoms with Gasteiger partial charge in [-0.15, -0.1) is 0 Å². The first kappa shape index (κ1) is 23.6. The summed E-state index contributed by atoms with van der Waals surface area (Å²) < 4.78 is 38.5. The average Bonchev–Trinajstić information content (AvgIpc) is 2.68. The second-order valence-corrected chi connectivity index (χ2v) is 8.62. The molecule has 0 saturated carbocycles. The van der Waals surface area contributed by atoms with Crippen molar-refractivity contribution in [1.82, 2.24) is 5.43 Å². The Bertz CT molecular complexity index is 1080. The smallest absolute Gasteiger partial charge is 0.363 e. The van der Waals surface area contributed by atoms with Gasteiger partial charge in [0.2, 0.25) is 5.91 Å². The van der Waals surface area contributed by atoms with Crippen molar-refractivity contribution in [2.75, 3.05) is 11.4 Å². The monoisotopic (exact) mass is 443 g/mol. The first-order chi connectivity index (χ1) is 14.9. The summed E-state index contributed by atoms with van der Waals surface area (Å²) in [7, 11) is 0. The van der Waals surface area contributed by atoms with Crippen molar-refractivity contribution in [1.29, 1.82) is 0 Å². The van der Waals surface area contributed by atoms with Crippen LogP contribution in [0.15, 0.2) is 47.6 Å². The Morgan fingerprint density at radius 2 is 1.91 bits per heavy atom. The van der Waals surface area contributed by atoms with E-state index in [0.29, 0.717) is 0 Å². The van der Waals surface area contributed by atoms with Crippen LogP contribution in [0.3, 0.4) is 0 Å². The predicted molar refractivity (Wildman–Crippen MR) is 123 cm³/mol. The summed E-state index contributed by atoms with van der Waals surface area (Å²) >= 11 is 0. The lowest BCUT2D eigenvalue weighted by atomic mass is 9.87. The lowest BCUT2D eigenvalue weighted by molar-refractivity contribution is -0.137. The summed E-state index contributed by atoms with van der Waals surface area (Å²) in [5, 5.41) is 4.03. The average molecular weight is 444 g/mol. The molecular weight excluding hydrogens is 415 g/mol. The van der Waals surface area contributed by atoms with Crippen molar-refractivity contribution >= 4 is 23.4 Å². The number of aryl methyl sites for hydroxylation is 1. The van der Waals surface area contributed by atoms with Crippen molar-refractivity contribution in [2.45, 2.75) is 52.8 Å². The van der Waals surface area contributed by atoms with E-state index in [1.54, 1.807) is 6.21 Å². The van der Waals surface area contributed by atoms with Gasteiger partial charge in [0.1, 0.15) is 0 Å². The number of hydrazone groups is 1. The van der Waals surface area contributed by atoms with Crippen LogP contribution < -0.4 is 10.3 Å². The highest BCUT2D eigenvalue weighted by molar-refractivity contribution is 5.90. The number of anilines is 1. The Hall–Kier alpha value is -3.09. The highest BCUT2D eigenvalue weighted by Gasteiger charge is 2.31. The summed E-state index contributed by atoms with van der Waals surface area (Å²) in [6, 6.07) is 8.92. The van der Waals surface area contributed by atoms with Crippen LogP contribution in [-0.4, -0.2) is 24.2 Å². The number of likely N-dealkylation sites (N-methyl/N-ethyl adjacent to an activating group) is 1. The molecule has 0 fully saturated rings. The van der Waals surface area contributed by atoms with Crippen molar-refractivity contribution in [3.8, 4) is 0 Å². The fourth-order valence-corrected chi connectivity index (χ4v) is 4.22. The summed E-state index contributed by atoms with van der Waals surface area (Å²) in [6.07, 6.45) is -0.814. The molecule has 1 amide bonds. The van der Waals surface area contributed by atoms with E-state index in [0.717, 1.165) is 35.4 Å². The molecule has 0 spiro atoms. The van der Waals surface area contributed by atoms with E-state index in [1.807, 2.05) is 6.92 Å². The number of fused-ring (bicyclic) bond motifs is 1. The van der Waals surface area contributed by atoms with Gasteiger partial charge < -0.3 is 4.90 Å². The van der Waals surface area contributed by atoms with Gasteiger partial charge >= 0.3 is 6.18 Å². The molecule has 1 N–H and O–H groups in total. The molecule has 0 aliphatic carbocycles. The van der Waals surface area contributed by atoms with E-state index in [2.05, 4.69) is 61.3 Å². The standard InChI is InChI=1S/C25H28F3N3O/c1-6-31-22-10-16(2)19(13-21(22)17(3)14-24(31,4)5)15-29-30-23(32)12-18-8-7-9-20(11-18)25(26,27)28/h7-11,13-15H,6,12H2,1-5H3,(H,30,32)/b29-15+. The fourth-order valence-electron chi connectivity index (χ4n) is 4.22. The number of nitrogens with zero attached hydrogens (tertiary/aromatic N) is 2. The van der Waals surface area contributed by atoms with Crippen LogP contribution in [-0.2, 0) is 17.4 Å². The molecule has 0 unspecified atom stereocenters. The summed E-state index contributed by atoms with van der Waals surface area (Å²) in [5.74, 6) is -0.480. The molecule has 2 aromatic rings. The molecule has 3 rings (SSSR count). The molecule has 32 heavy (non-hydrogen) atoms. The molecule has 1 aliphatic heterocycles. The number of allylic oxidation sites excluding steroid dienone is 1. The van der Waals surface area contributed by atoms with E-state index in [1.165, 1.54) is 23.4 Å². The molecule has 170 valence electrons. The Morgan fingerprint density at radius 1 is 1.19 bits per heavy atom. The zero-order valence-electron chi connectivity index (χ0n) is 19.0. The van der Waals surface area contributed by atoms with Crippen LogP contribution in [0.1, 0.15) is 55.5 Å². The van der Waals surface area contributed by atoms with Crippen LogP contribution in [0, 0.1) is 6.92 Å². The predicted octanol–water partition coefficient (Wildman–Crippen LogP) is 5.73. The third kappa shape index (κ3) is 5.03. The van der Waals surface area contributed by atoms with Crippen molar-refractivity contribution in [2.24, 2.45) is 5.10 Å². The van der Waals surface area contributed by atoms with Crippen LogP contribution in [0.25, 0.3) is 5.57 Å². The zero-order chi connectivity index (χ0) is 23.7.